The van der Waals surface area contributed by atoms with Gasteiger partial charge in [-0.05, 0) is 31.3 Å². The minimum Gasteiger partial charge on any atom is -0.0783 e. The minimum atomic E-state index is -0.219. The molecular weight excluding hydrogens is 244 g/mol. The molecule has 0 heterocycles. The highest BCUT2D eigenvalue weighted by atomic mass is 28.2. The summed E-state index contributed by atoms with van der Waals surface area (Å²) in [4.78, 5) is 0. The molecule has 0 bridgehead atoms. The van der Waals surface area contributed by atoms with Crippen LogP contribution in [0.2, 0.25) is 0 Å². The highest BCUT2D eigenvalue weighted by molar-refractivity contribution is 6.61. The SMILES string of the molecule is CCCCC1=C(CCC)CC([SiH2]c2ccccc2)=C1. The van der Waals surface area contributed by atoms with Crippen LogP contribution in [-0.2, 0) is 0 Å². The van der Waals surface area contributed by atoms with E-state index >= 15 is 0 Å². The molecule has 0 aromatic heterocycles. The number of allylic oxidation sites excluding steroid dienone is 4. The van der Waals surface area contributed by atoms with E-state index in [1.165, 1.54) is 38.5 Å². The first-order valence-corrected chi connectivity index (χ1v) is 9.19. The average Bonchev–Trinajstić information content (AvgIpc) is 2.80. The molecule has 0 radical (unpaired) electrons. The van der Waals surface area contributed by atoms with Gasteiger partial charge in [-0.1, -0.05) is 79.1 Å². The van der Waals surface area contributed by atoms with E-state index in [4.69, 9.17) is 0 Å². The van der Waals surface area contributed by atoms with Crippen molar-refractivity contribution in [2.45, 2.75) is 52.4 Å². The summed E-state index contributed by atoms with van der Waals surface area (Å²) in [6.45, 7) is 4.59. The third-order valence-corrected chi connectivity index (χ3v) is 5.69. The minimum absolute atomic E-state index is 0.219. The maximum Gasteiger partial charge on any atom is 0.0828 e. The summed E-state index contributed by atoms with van der Waals surface area (Å²) in [5.41, 5.74) is 3.43. The van der Waals surface area contributed by atoms with Crippen molar-refractivity contribution < 1.29 is 0 Å². The summed E-state index contributed by atoms with van der Waals surface area (Å²) in [5.74, 6) is 0. The van der Waals surface area contributed by atoms with Gasteiger partial charge in [0.25, 0.3) is 0 Å². The van der Waals surface area contributed by atoms with Crippen LogP contribution in [-0.4, -0.2) is 9.52 Å². The normalized spacial score (nSPS) is 15.6. The van der Waals surface area contributed by atoms with Crippen molar-refractivity contribution in [3.05, 3.63) is 52.8 Å². The molecule has 1 heteroatoms. The van der Waals surface area contributed by atoms with Gasteiger partial charge in [0.2, 0.25) is 0 Å². The van der Waals surface area contributed by atoms with Gasteiger partial charge in [0.15, 0.2) is 0 Å². The molecule has 1 aromatic rings. The van der Waals surface area contributed by atoms with Crippen LogP contribution < -0.4 is 5.19 Å². The third-order valence-electron chi connectivity index (χ3n) is 3.90. The van der Waals surface area contributed by atoms with Crippen molar-refractivity contribution in [1.82, 2.24) is 0 Å². The first kappa shape index (κ1) is 14.3. The Bertz CT molecular complexity index is 454. The van der Waals surface area contributed by atoms with Crippen molar-refractivity contribution >= 4 is 14.7 Å². The van der Waals surface area contributed by atoms with E-state index in [0.717, 1.165) is 0 Å². The Labute approximate surface area is 120 Å². The van der Waals surface area contributed by atoms with Crippen LogP contribution >= 0.6 is 0 Å². The van der Waals surface area contributed by atoms with E-state index in [1.54, 1.807) is 21.5 Å². The fourth-order valence-electron chi connectivity index (χ4n) is 2.93. The van der Waals surface area contributed by atoms with E-state index < -0.39 is 0 Å². The molecule has 0 unspecified atom stereocenters. The van der Waals surface area contributed by atoms with Gasteiger partial charge in [-0.3, -0.25) is 0 Å². The van der Waals surface area contributed by atoms with Crippen molar-refractivity contribution in [2.75, 3.05) is 0 Å². The van der Waals surface area contributed by atoms with Gasteiger partial charge >= 0.3 is 0 Å². The third kappa shape index (κ3) is 4.21. The van der Waals surface area contributed by atoms with Gasteiger partial charge in [-0.15, -0.1) is 0 Å². The van der Waals surface area contributed by atoms with E-state index in [2.05, 4.69) is 50.3 Å². The Kier molecular flexibility index (Phi) is 5.65. The van der Waals surface area contributed by atoms with Gasteiger partial charge in [-0.2, -0.15) is 0 Å². The smallest absolute Gasteiger partial charge is 0.0783 e. The lowest BCUT2D eigenvalue weighted by Crippen LogP contribution is -2.15. The first-order valence-electron chi connectivity index (χ1n) is 7.77. The van der Waals surface area contributed by atoms with Gasteiger partial charge in [0.1, 0.15) is 0 Å². The zero-order chi connectivity index (χ0) is 13.5. The lowest BCUT2D eigenvalue weighted by molar-refractivity contribution is 0.781. The summed E-state index contributed by atoms with van der Waals surface area (Å²) in [6.07, 6.45) is 10.4. The van der Waals surface area contributed by atoms with Crippen LogP contribution in [0.4, 0.5) is 0 Å². The molecule has 0 amide bonds. The zero-order valence-corrected chi connectivity index (χ0v) is 13.8. The molecule has 0 saturated heterocycles. The van der Waals surface area contributed by atoms with Crippen molar-refractivity contribution in [2.24, 2.45) is 0 Å². The van der Waals surface area contributed by atoms with Gasteiger partial charge in [0.05, 0.1) is 9.52 Å². The summed E-state index contributed by atoms with van der Waals surface area (Å²) in [6, 6.07) is 11.1. The van der Waals surface area contributed by atoms with Gasteiger partial charge < -0.3 is 0 Å². The van der Waals surface area contributed by atoms with E-state index in [0.29, 0.717) is 0 Å². The Morgan fingerprint density at radius 3 is 2.47 bits per heavy atom. The Morgan fingerprint density at radius 1 is 1.00 bits per heavy atom. The molecule has 19 heavy (non-hydrogen) atoms. The van der Waals surface area contributed by atoms with Gasteiger partial charge in [-0.25, -0.2) is 0 Å². The number of hydrogen-bond donors (Lipinski definition) is 0. The molecule has 102 valence electrons. The summed E-state index contributed by atoms with van der Waals surface area (Å²) < 4.78 is 0. The lowest BCUT2D eigenvalue weighted by atomic mass is 10.0. The maximum absolute atomic E-state index is 2.56. The summed E-state index contributed by atoms with van der Waals surface area (Å²) in [7, 11) is -0.219. The standard InChI is InChI=1S/C18H26Si/c1-3-5-10-16-14-18(13-15(16)9-4-2)19-17-11-7-6-8-12-17/h6-8,11-12,14H,3-5,9-10,13,19H2,1-2H3. The first-order chi connectivity index (χ1) is 9.33. The van der Waals surface area contributed by atoms with Crippen LogP contribution in [0, 0.1) is 0 Å². The molecule has 0 nitrogen and oxygen atoms in total. The quantitative estimate of drug-likeness (QED) is 0.656. The molecule has 0 aliphatic heterocycles. The molecule has 1 aromatic carbocycles. The van der Waals surface area contributed by atoms with Crippen LogP contribution in [0.25, 0.3) is 0 Å². The molecule has 0 atom stereocenters. The monoisotopic (exact) mass is 270 g/mol. The highest BCUT2D eigenvalue weighted by Gasteiger charge is 2.15. The topological polar surface area (TPSA) is 0 Å². The molecule has 0 N–H and O–H groups in total. The number of benzene rings is 1. The second kappa shape index (κ2) is 7.49. The Hall–Kier alpha value is -1.08. The highest BCUT2D eigenvalue weighted by Crippen LogP contribution is 2.31. The zero-order valence-electron chi connectivity index (χ0n) is 12.4. The molecule has 1 aliphatic carbocycles. The number of rotatable bonds is 7. The second-order valence-corrected chi connectivity index (χ2v) is 7.70. The summed E-state index contributed by atoms with van der Waals surface area (Å²) >= 11 is 0. The van der Waals surface area contributed by atoms with Crippen molar-refractivity contribution in [3.8, 4) is 0 Å². The molecule has 2 rings (SSSR count). The average molecular weight is 270 g/mol. The largest absolute Gasteiger partial charge is 0.0828 e. The number of hydrogen-bond acceptors (Lipinski definition) is 0. The van der Waals surface area contributed by atoms with Crippen LogP contribution in [0.5, 0.6) is 0 Å². The van der Waals surface area contributed by atoms with Crippen LogP contribution in [0.15, 0.2) is 52.8 Å². The van der Waals surface area contributed by atoms with E-state index in [1.807, 2.05) is 0 Å². The Balaban J connectivity index is 2.01. The van der Waals surface area contributed by atoms with E-state index in [-0.39, 0.29) is 9.52 Å². The van der Waals surface area contributed by atoms with Crippen molar-refractivity contribution in [1.29, 1.82) is 0 Å². The van der Waals surface area contributed by atoms with Crippen LogP contribution in [0.3, 0.4) is 0 Å². The molecule has 0 spiro atoms. The maximum atomic E-state index is 2.56. The van der Waals surface area contributed by atoms with E-state index in [9.17, 15) is 0 Å². The van der Waals surface area contributed by atoms with Crippen LogP contribution in [0.1, 0.15) is 52.4 Å². The second-order valence-electron chi connectivity index (χ2n) is 5.62. The molecule has 1 aliphatic rings. The molecular formula is C18H26Si. The lowest BCUT2D eigenvalue weighted by Gasteiger charge is -2.06. The Morgan fingerprint density at radius 2 is 1.79 bits per heavy atom. The van der Waals surface area contributed by atoms with Gasteiger partial charge in [0, 0.05) is 0 Å². The fourth-order valence-corrected chi connectivity index (χ4v) is 4.73. The summed E-state index contributed by atoms with van der Waals surface area (Å²) in [5, 5.41) is 3.34. The predicted molar refractivity (Wildman–Crippen MR) is 88.8 cm³/mol. The molecule has 0 saturated carbocycles. The van der Waals surface area contributed by atoms with Crippen molar-refractivity contribution in [3.63, 3.8) is 0 Å². The fraction of sp³-hybridized carbons (Fsp3) is 0.444. The predicted octanol–water partition coefficient (Wildman–Crippen LogP) is 4.06. The molecule has 0 fully saturated rings. The number of unbranched alkanes of at least 4 members (excludes halogenated alkanes) is 1.